The number of urea groups is 1. The van der Waals surface area contributed by atoms with Crippen molar-refractivity contribution in [3.05, 3.63) is 29.6 Å². The van der Waals surface area contributed by atoms with Crippen LogP contribution in [0.5, 0.6) is 0 Å². The molecule has 1 heterocycles. The molecule has 0 bridgehead atoms. The third-order valence-corrected chi connectivity index (χ3v) is 2.01. The van der Waals surface area contributed by atoms with Gasteiger partial charge in [0.25, 0.3) is 0 Å². The summed E-state index contributed by atoms with van der Waals surface area (Å²) >= 11 is 0. The highest BCUT2D eigenvalue weighted by atomic mass is 16.2. The van der Waals surface area contributed by atoms with E-state index in [1.807, 2.05) is 19.1 Å². The summed E-state index contributed by atoms with van der Waals surface area (Å²) in [5.41, 5.74) is 6.95. The lowest BCUT2D eigenvalue weighted by Gasteiger charge is -2.09. The van der Waals surface area contributed by atoms with Crippen LogP contribution in [0.4, 0.5) is 4.79 Å². The van der Waals surface area contributed by atoms with Crippen LogP contribution in [0.1, 0.15) is 11.3 Å². The maximum absolute atomic E-state index is 10.6. The topological polar surface area (TPSA) is 92.4 Å². The van der Waals surface area contributed by atoms with Gasteiger partial charge in [-0.15, -0.1) is 0 Å². The fourth-order valence-electron chi connectivity index (χ4n) is 1.17. The first-order valence-electron chi connectivity index (χ1n) is 4.81. The average molecular weight is 221 g/mol. The molecule has 2 amide bonds. The molecule has 0 aliphatic carbocycles. The number of nitrogens with one attached hydrogen (secondary N) is 2. The summed E-state index contributed by atoms with van der Waals surface area (Å²) < 4.78 is 0. The summed E-state index contributed by atoms with van der Waals surface area (Å²) in [5.74, 6) is 0.331. The summed E-state index contributed by atoms with van der Waals surface area (Å²) in [6, 6.07) is 3.19. The molecule has 4 N–H and O–H groups in total. The third-order valence-electron chi connectivity index (χ3n) is 2.01. The van der Waals surface area contributed by atoms with E-state index in [-0.39, 0.29) is 0 Å². The molecule has 0 aromatic carbocycles. The number of nitrogens with two attached hydrogens (primary N) is 1. The molecule has 1 aromatic heterocycles. The molecule has 0 radical (unpaired) electrons. The van der Waals surface area contributed by atoms with Gasteiger partial charge in [-0.05, 0) is 18.6 Å². The lowest BCUT2D eigenvalue weighted by molar-refractivity contribution is 0.253. The monoisotopic (exact) mass is 221 g/mol. The van der Waals surface area contributed by atoms with Crippen molar-refractivity contribution in [2.45, 2.75) is 13.5 Å². The second kappa shape index (κ2) is 5.69. The van der Waals surface area contributed by atoms with Crippen molar-refractivity contribution in [2.75, 3.05) is 7.05 Å². The first-order chi connectivity index (χ1) is 7.63. The molecule has 0 aliphatic heterocycles. The molecular weight excluding hydrogens is 206 g/mol. The van der Waals surface area contributed by atoms with Gasteiger partial charge in [-0.3, -0.25) is 15.3 Å². The number of pyridine rings is 1. The second-order valence-corrected chi connectivity index (χ2v) is 3.18. The Morgan fingerprint density at radius 2 is 2.38 bits per heavy atom. The Bertz CT molecular complexity index is 402. The number of hydrogen-bond acceptors (Lipinski definition) is 3. The Kier molecular flexibility index (Phi) is 4.26. The van der Waals surface area contributed by atoms with Gasteiger partial charge in [-0.25, -0.2) is 4.79 Å². The minimum Gasteiger partial charge on any atom is -0.351 e. The standard InChI is InChI=1S/C10H15N5O/c1-7-4-3-5-13-8(7)6-14-10(12-2)15-9(11)16/h3-5H,6H2,1-2H3,(H4,11,12,14,15,16). The molecule has 16 heavy (non-hydrogen) atoms. The summed E-state index contributed by atoms with van der Waals surface area (Å²) in [6.45, 7) is 2.45. The van der Waals surface area contributed by atoms with Gasteiger partial charge in [0.1, 0.15) is 0 Å². The largest absolute Gasteiger partial charge is 0.351 e. The molecule has 0 unspecified atom stereocenters. The fraction of sp³-hybridized carbons (Fsp3) is 0.300. The number of carbonyl (C=O) groups excluding carboxylic acids is 1. The predicted molar refractivity (Wildman–Crippen MR) is 61.9 cm³/mol. The Morgan fingerprint density at radius 1 is 1.62 bits per heavy atom. The summed E-state index contributed by atoms with van der Waals surface area (Å²) in [7, 11) is 1.56. The number of aliphatic imine (C=N–C) groups is 1. The van der Waals surface area contributed by atoms with Crippen LogP contribution in [0, 0.1) is 6.92 Å². The number of primary amides is 1. The van der Waals surface area contributed by atoms with Gasteiger partial charge >= 0.3 is 6.03 Å². The van der Waals surface area contributed by atoms with Gasteiger partial charge in [0.05, 0.1) is 12.2 Å². The summed E-state index contributed by atoms with van der Waals surface area (Å²) in [6.07, 6.45) is 1.72. The van der Waals surface area contributed by atoms with Gasteiger partial charge in [-0.2, -0.15) is 0 Å². The van der Waals surface area contributed by atoms with Gasteiger partial charge < -0.3 is 11.1 Å². The normalized spacial score (nSPS) is 11.0. The number of hydrogen-bond donors (Lipinski definition) is 3. The second-order valence-electron chi connectivity index (χ2n) is 3.18. The van der Waals surface area contributed by atoms with Gasteiger partial charge in [-0.1, -0.05) is 6.07 Å². The highest BCUT2D eigenvalue weighted by molar-refractivity contribution is 5.95. The molecule has 1 aromatic rings. The van der Waals surface area contributed by atoms with E-state index in [1.165, 1.54) is 0 Å². The smallest absolute Gasteiger partial charge is 0.318 e. The first kappa shape index (κ1) is 12.0. The number of nitrogens with zero attached hydrogens (tertiary/aromatic N) is 2. The molecule has 0 atom stereocenters. The van der Waals surface area contributed by atoms with E-state index < -0.39 is 6.03 Å². The molecule has 0 saturated heterocycles. The van der Waals surface area contributed by atoms with Crippen LogP contribution in [0.15, 0.2) is 23.3 Å². The van der Waals surface area contributed by atoms with Crippen LogP contribution in [0.3, 0.4) is 0 Å². The summed E-state index contributed by atoms with van der Waals surface area (Å²) in [4.78, 5) is 18.7. The lowest BCUT2D eigenvalue weighted by atomic mass is 10.2. The highest BCUT2D eigenvalue weighted by Crippen LogP contribution is 2.01. The molecule has 6 heteroatoms. The van der Waals surface area contributed by atoms with Crippen LogP contribution in [0.25, 0.3) is 0 Å². The molecule has 0 saturated carbocycles. The summed E-state index contributed by atoms with van der Waals surface area (Å²) in [5, 5.41) is 5.30. The predicted octanol–water partition coefficient (Wildman–Crippen LogP) is 0.134. The van der Waals surface area contributed by atoms with Crippen LogP contribution in [-0.4, -0.2) is 24.0 Å². The van der Waals surface area contributed by atoms with E-state index in [0.717, 1.165) is 11.3 Å². The molecule has 1 rings (SSSR count). The quantitative estimate of drug-likeness (QED) is 0.489. The number of aromatic nitrogens is 1. The molecule has 6 nitrogen and oxygen atoms in total. The van der Waals surface area contributed by atoms with Crippen molar-refractivity contribution in [1.29, 1.82) is 0 Å². The van der Waals surface area contributed by atoms with Crippen LogP contribution in [-0.2, 0) is 6.54 Å². The SMILES string of the molecule is CN=C(NCc1ncccc1C)NC(N)=O. The van der Waals surface area contributed by atoms with E-state index >= 15 is 0 Å². The average Bonchev–Trinajstić information content (AvgIpc) is 2.25. The van der Waals surface area contributed by atoms with E-state index in [1.54, 1.807) is 13.2 Å². The van der Waals surface area contributed by atoms with Crippen molar-refractivity contribution in [2.24, 2.45) is 10.7 Å². The number of carbonyl (C=O) groups is 1. The van der Waals surface area contributed by atoms with Crippen molar-refractivity contribution < 1.29 is 4.79 Å². The molecule has 0 spiro atoms. The van der Waals surface area contributed by atoms with Crippen molar-refractivity contribution >= 4 is 12.0 Å². The lowest BCUT2D eigenvalue weighted by Crippen LogP contribution is -2.43. The van der Waals surface area contributed by atoms with E-state index in [2.05, 4.69) is 20.6 Å². The maximum atomic E-state index is 10.6. The third kappa shape index (κ3) is 3.56. The molecule has 86 valence electrons. The van der Waals surface area contributed by atoms with Crippen LogP contribution in [0.2, 0.25) is 0 Å². The van der Waals surface area contributed by atoms with Crippen molar-refractivity contribution in [3.8, 4) is 0 Å². The van der Waals surface area contributed by atoms with Crippen LogP contribution >= 0.6 is 0 Å². The number of rotatable bonds is 2. The van der Waals surface area contributed by atoms with Crippen LogP contribution < -0.4 is 16.4 Å². The fourth-order valence-corrected chi connectivity index (χ4v) is 1.17. The first-order valence-corrected chi connectivity index (χ1v) is 4.81. The minimum absolute atomic E-state index is 0.331. The zero-order valence-corrected chi connectivity index (χ0v) is 9.32. The van der Waals surface area contributed by atoms with E-state index in [9.17, 15) is 4.79 Å². The zero-order chi connectivity index (χ0) is 12.0. The molecular formula is C10H15N5O. The zero-order valence-electron chi connectivity index (χ0n) is 9.32. The Balaban J connectivity index is 2.57. The highest BCUT2D eigenvalue weighted by Gasteiger charge is 2.02. The Hall–Kier alpha value is -2.11. The number of amides is 2. The van der Waals surface area contributed by atoms with Crippen molar-refractivity contribution in [3.63, 3.8) is 0 Å². The molecule has 0 fully saturated rings. The number of aryl methyl sites for hydroxylation is 1. The van der Waals surface area contributed by atoms with Gasteiger partial charge in [0.2, 0.25) is 0 Å². The Labute approximate surface area is 94.0 Å². The van der Waals surface area contributed by atoms with Crippen molar-refractivity contribution in [1.82, 2.24) is 15.6 Å². The maximum Gasteiger partial charge on any atom is 0.318 e. The minimum atomic E-state index is -0.647. The van der Waals surface area contributed by atoms with E-state index in [4.69, 9.17) is 5.73 Å². The molecule has 0 aliphatic rings. The Morgan fingerprint density at radius 3 is 2.94 bits per heavy atom. The van der Waals surface area contributed by atoms with Gasteiger partial charge in [0, 0.05) is 13.2 Å². The van der Waals surface area contributed by atoms with E-state index in [0.29, 0.717) is 12.5 Å². The van der Waals surface area contributed by atoms with Gasteiger partial charge in [0.15, 0.2) is 5.96 Å². The number of guanidine groups is 1.